The number of aromatic amines is 1. The van der Waals surface area contributed by atoms with E-state index in [1.54, 1.807) is 0 Å². The van der Waals surface area contributed by atoms with Gasteiger partial charge in [-0.25, -0.2) is 0 Å². The van der Waals surface area contributed by atoms with E-state index < -0.39 is 0 Å². The predicted molar refractivity (Wildman–Crippen MR) is 110 cm³/mol. The lowest BCUT2D eigenvalue weighted by Crippen LogP contribution is -2.45. The maximum absolute atomic E-state index is 5.71. The number of piperazine rings is 1. The maximum Gasteiger partial charge on any atom is 0.0822 e. The van der Waals surface area contributed by atoms with Gasteiger partial charge in [0.25, 0.3) is 0 Å². The average molecular weight is 380 g/mol. The highest BCUT2D eigenvalue weighted by Gasteiger charge is 2.24. The first-order valence-electron chi connectivity index (χ1n) is 10.5. The molecule has 1 fully saturated rings. The molecular weight excluding hydrogens is 350 g/mol. The molecule has 1 N–H and O–H groups in total. The summed E-state index contributed by atoms with van der Waals surface area (Å²) in [7, 11) is 0. The van der Waals surface area contributed by atoms with Gasteiger partial charge in [0.2, 0.25) is 0 Å². The van der Waals surface area contributed by atoms with E-state index in [2.05, 4.69) is 56.9 Å². The number of nitrogens with zero attached hydrogens (tertiary/aromatic N) is 4. The number of hydrogen-bond donors (Lipinski definition) is 1. The van der Waals surface area contributed by atoms with Gasteiger partial charge >= 0.3 is 0 Å². The number of benzene rings is 1. The van der Waals surface area contributed by atoms with Crippen molar-refractivity contribution in [3.8, 4) is 0 Å². The van der Waals surface area contributed by atoms with Gasteiger partial charge < -0.3 is 9.72 Å². The molecular formula is C22H29N5O. The molecule has 5 rings (SSSR count). The fourth-order valence-electron chi connectivity index (χ4n) is 4.59. The van der Waals surface area contributed by atoms with E-state index in [-0.39, 0.29) is 0 Å². The third-order valence-corrected chi connectivity index (χ3v) is 6.19. The molecule has 3 aromatic rings. The van der Waals surface area contributed by atoms with E-state index in [9.17, 15) is 0 Å². The van der Waals surface area contributed by atoms with Crippen LogP contribution in [0.1, 0.15) is 29.4 Å². The van der Waals surface area contributed by atoms with Crippen molar-refractivity contribution in [3.05, 3.63) is 53.0 Å². The lowest BCUT2D eigenvalue weighted by molar-refractivity contribution is 0.104. The first kappa shape index (κ1) is 17.9. The summed E-state index contributed by atoms with van der Waals surface area (Å²) in [5.74, 6) is 0. The number of para-hydroxylation sites is 1. The number of hydrogen-bond acceptors (Lipinski definition) is 4. The van der Waals surface area contributed by atoms with Crippen LogP contribution in [-0.4, -0.2) is 57.4 Å². The van der Waals surface area contributed by atoms with Crippen LogP contribution in [0.25, 0.3) is 10.9 Å². The molecule has 6 nitrogen and oxygen atoms in total. The summed E-state index contributed by atoms with van der Waals surface area (Å²) in [6.07, 6.45) is 3.16. The van der Waals surface area contributed by atoms with Crippen molar-refractivity contribution in [1.82, 2.24) is 24.6 Å². The van der Waals surface area contributed by atoms with E-state index in [1.165, 1.54) is 33.4 Å². The van der Waals surface area contributed by atoms with Gasteiger partial charge in [0.1, 0.15) is 0 Å². The quantitative estimate of drug-likeness (QED) is 0.741. The van der Waals surface area contributed by atoms with Crippen LogP contribution in [0, 0.1) is 0 Å². The Morgan fingerprint density at radius 3 is 2.68 bits per heavy atom. The second kappa shape index (κ2) is 7.70. The molecule has 4 heterocycles. The number of nitrogens with one attached hydrogen (secondary N) is 1. The second-order valence-electron chi connectivity index (χ2n) is 7.90. The molecule has 2 aliphatic heterocycles. The van der Waals surface area contributed by atoms with Crippen LogP contribution in [0.3, 0.4) is 0 Å². The Labute approximate surface area is 166 Å². The van der Waals surface area contributed by atoms with E-state index in [0.717, 1.165) is 65.4 Å². The maximum atomic E-state index is 5.71. The Bertz CT molecular complexity index is 951. The van der Waals surface area contributed by atoms with Crippen molar-refractivity contribution in [2.75, 3.05) is 32.8 Å². The van der Waals surface area contributed by atoms with Crippen LogP contribution < -0.4 is 0 Å². The third kappa shape index (κ3) is 3.36. The number of aromatic nitrogens is 3. The summed E-state index contributed by atoms with van der Waals surface area (Å²) in [4.78, 5) is 8.51. The first-order chi connectivity index (χ1) is 13.8. The molecule has 6 heteroatoms. The summed E-state index contributed by atoms with van der Waals surface area (Å²) in [6, 6.07) is 8.58. The van der Waals surface area contributed by atoms with Crippen molar-refractivity contribution in [2.24, 2.45) is 0 Å². The van der Waals surface area contributed by atoms with Gasteiger partial charge in [0.05, 0.1) is 18.9 Å². The lowest BCUT2D eigenvalue weighted by Gasteiger charge is -2.34. The van der Waals surface area contributed by atoms with Gasteiger partial charge in [-0.15, -0.1) is 0 Å². The lowest BCUT2D eigenvalue weighted by atomic mass is 10.1. The Balaban J connectivity index is 1.21. The van der Waals surface area contributed by atoms with Gasteiger partial charge in [0.15, 0.2) is 0 Å². The minimum atomic E-state index is 0.727. The van der Waals surface area contributed by atoms with E-state index in [1.807, 2.05) is 0 Å². The van der Waals surface area contributed by atoms with Gasteiger partial charge in [-0.1, -0.05) is 18.2 Å². The highest BCUT2D eigenvalue weighted by atomic mass is 16.5. The van der Waals surface area contributed by atoms with Gasteiger partial charge in [0, 0.05) is 80.6 Å². The van der Waals surface area contributed by atoms with Crippen LogP contribution in [-0.2, 0) is 37.4 Å². The number of ether oxygens (including phenoxy) is 1. The van der Waals surface area contributed by atoms with Gasteiger partial charge in [-0.05, 0) is 18.6 Å². The zero-order chi connectivity index (χ0) is 18.9. The molecule has 148 valence electrons. The van der Waals surface area contributed by atoms with E-state index in [4.69, 9.17) is 9.84 Å². The standard InChI is InChI=1S/C22H29N5O/c1-2-27-22-7-12-28-16-19(22)21(24-27)15-26-10-8-25(9-11-26)14-17-13-23-20-6-4-3-5-18(17)20/h3-6,13,23H,2,7-12,14-16H2,1H3. The monoisotopic (exact) mass is 379 g/mol. The van der Waals surface area contributed by atoms with Crippen LogP contribution >= 0.6 is 0 Å². The number of fused-ring (bicyclic) bond motifs is 2. The largest absolute Gasteiger partial charge is 0.376 e. The molecule has 1 aromatic carbocycles. The minimum absolute atomic E-state index is 0.727. The molecule has 0 radical (unpaired) electrons. The summed E-state index contributed by atoms with van der Waals surface area (Å²) in [6.45, 7) is 11.0. The van der Waals surface area contributed by atoms with Crippen LogP contribution in [0.2, 0.25) is 0 Å². The van der Waals surface area contributed by atoms with Crippen molar-refractivity contribution < 1.29 is 4.74 Å². The van der Waals surface area contributed by atoms with Crippen LogP contribution in [0.15, 0.2) is 30.5 Å². The smallest absolute Gasteiger partial charge is 0.0822 e. The molecule has 1 saturated heterocycles. The average Bonchev–Trinajstić information content (AvgIpc) is 3.31. The normalized spacial score (nSPS) is 18.6. The zero-order valence-electron chi connectivity index (χ0n) is 16.7. The Kier molecular flexibility index (Phi) is 4.93. The van der Waals surface area contributed by atoms with Crippen LogP contribution in [0.4, 0.5) is 0 Å². The molecule has 2 aliphatic rings. The predicted octanol–water partition coefficient (Wildman–Crippen LogP) is 2.77. The fourth-order valence-corrected chi connectivity index (χ4v) is 4.59. The van der Waals surface area contributed by atoms with Crippen molar-refractivity contribution in [2.45, 2.75) is 39.6 Å². The van der Waals surface area contributed by atoms with Gasteiger partial charge in [-0.3, -0.25) is 14.5 Å². The SMILES string of the molecule is CCn1nc(CN2CCN(Cc3c[nH]c4ccccc34)CC2)c2c1CCOC2. The molecule has 0 spiro atoms. The highest BCUT2D eigenvalue weighted by Crippen LogP contribution is 2.23. The highest BCUT2D eigenvalue weighted by molar-refractivity contribution is 5.82. The molecule has 28 heavy (non-hydrogen) atoms. The van der Waals surface area contributed by atoms with E-state index in [0.29, 0.717) is 0 Å². The Morgan fingerprint density at radius 2 is 1.86 bits per heavy atom. The van der Waals surface area contributed by atoms with Crippen molar-refractivity contribution >= 4 is 10.9 Å². The molecule has 0 bridgehead atoms. The zero-order valence-corrected chi connectivity index (χ0v) is 16.7. The van der Waals surface area contributed by atoms with E-state index >= 15 is 0 Å². The molecule has 0 aliphatic carbocycles. The topological polar surface area (TPSA) is 49.3 Å². The van der Waals surface area contributed by atoms with Crippen molar-refractivity contribution in [1.29, 1.82) is 0 Å². The molecule has 0 saturated carbocycles. The van der Waals surface area contributed by atoms with Crippen LogP contribution in [0.5, 0.6) is 0 Å². The molecule has 0 unspecified atom stereocenters. The summed E-state index contributed by atoms with van der Waals surface area (Å²) >= 11 is 0. The van der Waals surface area contributed by atoms with Crippen molar-refractivity contribution in [3.63, 3.8) is 0 Å². The minimum Gasteiger partial charge on any atom is -0.376 e. The molecule has 0 amide bonds. The summed E-state index contributed by atoms with van der Waals surface area (Å²) in [5.41, 5.74) is 6.59. The summed E-state index contributed by atoms with van der Waals surface area (Å²) in [5, 5.41) is 6.24. The first-order valence-corrected chi connectivity index (χ1v) is 10.5. The molecule has 0 atom stereocenters. The fraction of sp³-hybridized carbons (Fsp3) is 0.500. The number of rotatable bonds is 5. The number of aryl methyl sites for hydroxylation is 1. The Hall–Kier alpha value is -2.15. The third-order valence-electron chi connectivity index (χ3n) is 6.19. The summed E-state index contributed by atoms with van der Waals surface area (Å²) < 4.78 is 7.89. The second-order valence-corrected chi connectivity index (χ2v) is 7.90. The number of H-pyrrole nitrogens is 1. The Morgan fingerprint density at radius 1 is 1.07 bits per heavy atom. The van der Waals surface area contributed by atoms with Gasteiger partial charge in [-0.2, -0.15) is 5.10 Å². The molecule has 2 aromatic heterocycles.